The Balaban J connectivity index is 1.41. The Hall–Kier alpha value is -4.87. The van der Waals surface area contributed by atoms with E-state index in [-0.39, 0.29) is 29.6 Å². The van der Waals surface area contributed by atoms with Crippen LogP contribution in [-0.4, -0.2) is 64.5 Å². The molecule has 0 bridgehead atoms. The summed E-state index contributed by atoms with van der Waals surface area (Å²) in [7, 11) is -1.28. The summed E-state index contributed by atoms with van der Waals surface area (Å²) in [4.78, 5) is 28.6. The highest BCUT2D eigenvalue weighted by molar-refractivity contribution is 7.89. The fourth-order valence-corrected chi connectivity index (χ4v) is 6.46. The highest BCUT2D eigenvalue weighted by Crippen LogP contribution is 2.34. The molecule has 0 radical (unpaired) electrons. The summed E-state index contributed by atoms with van der Waals surface area (Å²) in [5.74, 6) is 0.105. The van der Waals surface area contributed by atoms with Crippen molar-refractivity contribution in [1.29, 1.82) is 0 Å². The number of para-hydroxylation sites is 2. The lowest BCUT2D eigenvalue weighted by Crippen LogP contribution is -2.53. The molecule has 1 aliphatic heterocycles. The van der Waals surface area contributed by atoms with E-state index in [9.17, 15) is 18.0 Å². The summed E-state index contributed by atoms with van der Waals surface area (Å²) in [5, 5.41) is 2.87. The molecule has 1 N–H and O–H groups in total. The standard InChI is InChI=1S/C34H35N3O7S/c1-42-30-18-17-27(21-31(30)43-2)45(40,41)36(20-19-25-11-5-3-6-12-25)24-33(38)37-23-32(44-29-16-10-9-15-28(29)37)34(39)35-22-26-13-7-4-8-14-26/h3-18,21,32H,19-20,22-24H2,1-2H3,(H,35,39)/t32-/m0/s1. The van der Waals surface area contributed by atoms with E-state index in [1.807, 2.05) is 60.7 Å². The van der Waals surface area contributed by atoms with Crippen molar-refractivity contribution >= 4 is 27.5 Å². The van der Waals surface area contributed by atoms with E-state index in [0.717, 1.165) is 15.4 Å². The van der Waals surface area contributed by atoms with Crippen molar-refractivity contribution in [1.82, 2.24) is 9.62 Å². The maximum absolute atomic E-state index is 14.0. The maximum Gasteiger partial charge on any atom is 0.263 e. The summed E-state index contributed by atoms with van der Waals surface area (Å²) in [6, 6.07) is 30.1. The molecule has 45 heavy (non-hydrogen) atoms. The fraction of sp³-hybridized carbons (Fsp3) is 0.235. The van der Waals surface area contributed by atoms with Gasteiger partial charge in [0.15, 0.2) is 17.6 Å². The lowest BCUT2D eigenvalue weighted by atomic mass is 10.1. The van der Waals surface area contributed by atoms with Crippen molar-refractivity contribution in [2.45, 2.75) is 24.0 Å². The van der Waals surface area contributed by atoms with E-state index >= 15 is 0 Å². The minimum absolute atomic E-state index is 0.0402. The number of nitrogens with one attached hydrogen (secondary N) is 1. The van der Waals surface area contributed by atoms with E-state index in [2.05, 4.69) is 5.32 Å². The molecule has 0 saturated heterocycles. The Morgan fingerprint density at radius 2 is 1.51 bits per heavy atom. The van der Waals surface area contributed by atoms with Crippen LogP contribution >= 0.6 is 0 Å². The zero-order valence-corrected chi connectivity index (χ0v) is 25.9. The normalized spacial score (nSPS) is 14.3. The first-order valence-electron chi connectivity index (χ1n) is 14.4. The van der Waals surface area contributed by atoms with E-state index in [1.165, 1.54) is 37.3 Å². The SMILES string of the molecule is COc1ccc(S(=O)(=O)N(CCc2ccccc2)CC(=O)N2C[C@@H](C(=O)NCc3ccccc3)Oc3ccccc32)cc1OC. The van der Waals surface area contributed by atoms with E-state index in [4.69, 9.17) is 14.2 Å². The number of fused-ring (bicyclic) bond motifs is 1. The highest BCUT2D eigenvalue weighted by atomic mass is 32.2. The van der Waals surface area contributed by atoms with Crippen molar-refractivity contribution in [3.8, 4) is 17.2 Å². The molecule has 4 aromatic carbocycles. The molecule has 2 amide bonds. The first kappa shape index (κ1) is 31.6. The smallest absolute Gasteiger partial charge is 0.263 e. The average molecular weight is 630 g/mol. The first-order valence-corrected chi connectivity index (χ1v) is 15.9. The predicted molar refractivity (Wildman–Crippen MR) is 170 cm³/mol. The minimum Gasteiger partial charge on any atom is -0.493 e. The van der Waals surface area contributed by atoms with Gasteiger partial charge in [-0.15, -0.1) is 0 Å². The van der Waals surface area contributed by atoms with Gasteiger partial charge in [0, 0.05) is 19.2 Å². The second kappa shape index (κ2) is 14.3. The second-order valence-electron chi connectivity index (χ2n) is 10.4. The molecule has 234 valence electrons. The molecule has 5 rings (SSSR count). The van der Waals surface area contributed by atoms with E-state index in [1.54, 1.807) is 24.3 Å². The molecule has 0 unspecified atom stereocenters. The second-order valence-corrected chi connectivity index (χ2v) is 12.3. The van der Waals surface area contributed by atoms with Crippen LogP contribution in [0.2, 0.25) is 0 Å². The third kappa shape index (κ3) is 7.44. The van der Waals surface area contributed by atoms with Gasteiger partial charge in [-0.2, -0.15) is 4.31 Å². The molecular weight excluding hydrogens is 594 g/mol. The summed E-state index contributed by atoms with van der Waals surface area (Å²) < 4.78 is 45.9. The van der Waals surface area contributed by atoms with Gasteiger partial charge >= 0.3 is 0 Å². The quantitative estimate of drug-likeness (QED) is 0.252. The number of hydrogen-bond donors (Lipinski definition) is 1. The molecule has 0 spiro atoms. The number of carbonyl (C=O) groups excluding carboxylic acids is 2. The summed E-state index contributed by atoms with van der Waals surface area (Å²) >= 11 is 0. The number of benzene rings is 4. The molecule has 1 aliphatic rings. The van der Waals surface area contributed by atoms with Crippen LogP contribution in [0.25, 0.3) is 0 Å². The van der Waals surface area contributed by atoms with Gasteiger partial charge in [-0.3, -0.25) is 9.59 Å². The van der Waals surface area contributed by atoms with Gasteiger partial charge in [-0.25, -0.2) is 8.42 Å². The molecule has 0 aliphatic carbocycles. The molecular formula is C34H35N3O7S. The lowest BCUT2D eigenvalue weighted by molar-refractivity contribution is -0.128. The third-order valence-corrected chi connectivity index (χ3v) is 9.31. The monoisotopic (exact) mass is 629 g/mol. The van der Waals surface area contributed by atoms with Crippen LogP contribution in [0.3, 0.4) is 0 Å². The Morgan fingerprint density at radius 3 is 2.20 bits per heavy atom. The Labute approximate surface area is 263 Å². The number of rotatable bonds is 12. The van der Waals surface area contributed by atoms with Crippen molar-refractivity contribution in [3.05, 3.63) is 114 Å². The van der Waals surface area contributed by atoms with Crippen LogP contribution in [0.1, 0.15) is 11.1 Å². The third-order valence-electron chi connectivity index (χ3n) is 7.47. The van der Waals surface area contributed by atoms with E-state index < -0.39 is 28.6 Å². The number of hydrogen-bond acceptors (Lipinski definition) is 7. The first-order chi connectivity index (χ1) is 21.8. The van der Waals surface area contributed by atoms with Gasteiger partial charge in [-0.1, -0.05) is 72.8 Å². The Bertz CT molecular complexity index is 1730. The number of amides is 2. The van der Waals surface area contributed by atoms with Crippen molar-refractivity contribution in [3.63, 3.8) is 0 Å². The van der Waals surface area contributed by atoms with Gasteiger partial charge in [0.25, 0.3) is 5.91 Å². The molecule has 11 heteroatoms. The highest BCUT2D eigenvalue weighted by Gasteiger charge is 2.36. The van der Waals surface area contributed by atoms with Gasteiger partial charge in [-0.05, 0) is 41.8 Å². The topological polar surface area (TPSA) is 114 Å². The Morgan fingerprint density at radius 1 is 0.867 bits per heavy atom. The number of sulfonamides is 1. The van der Waals surface area contributed by atoms with Crippen LogP contribution in [0.5, 0.6) is 17.2 Å². The molecule has 10 nitrogen and oxygen atoms in total. The van der Waals surface area contributed by atoms with Crippen LogP contribution in [0, 0.1) is 0 Å². The van der Waals surface area contributed by atoms with Crippen molar-refractivity contribution in [2.24, 2.45) is 0 Å². The largest absolute Gasteiger partial charge is 0.493 e. The molecule has 0 saturated carbocycles. The van der Waals surface area contributed by atoms with Crippen LogP contribution in [0.4, 0.5) is 5.69 Å². The number of anilines is 1. The molecule has 1 heterocycles. The van der Waals surface area contributed by atoms with Crippen LogP contribution in [-0.2, 0) is 32.6 Å². The molecule has 1 atom stereocenters. The zero-order chi connectivity index (χ0) is 31.8. The van der Waals surface area contributed by atoms with Gasteiger partial charge in [0.05, 0.1) is 37.9 Å². The molecule has 4 aromatic rings. The average Bonchev–Trinajstić information content (AvgIpc) is 3.08. The van der Waals surface area contributed by atoms with Crippen molar-refractivity contribution < 1.29 is 32.2 Å². The number of methoxy groups -OCH3 is 2. The molecule has 0 fully saturated rings. The Kier molecular flexibility index (Phi) is 10.0. The predicted octanol–water partition coefficient (Wildman–Crippen LogP) is 4.05. The van der Waals surface area contributed by atoms with Gasteiger partial charge < -0.3 is 24.4 Å². The van der Waals surface area contributed by atoms with E-state index in [0.29, 0.717) is 30.2 Å². The molecule has 0 aromatic heterocycles. The minimum atomic E-state index is -4.17. The zero-order valence-electron chi connectivity index (χ0n) is 25.1. The van der Waals surface area contributed by atoms with Crippen LogP contribution in [0.15, 0.2) is 108 Å². The number of carbonyl (C=O) groups is 2. The lowest BCUT2D eigenvalue weighted by Gasteiger charge is -2.35. The van der Waals surface area contributed by atoms with Crippen LogP contribution < -0.4 is 24.4 Å². The number of nitrogens with zero attached hydrogens (tertiary/aromatic N) is 2. The number of ether oxygens (including phenoxy) is 3. The van der Waals surface area contributed by atoms with Gasteiger partial charge in [0.2, 0.25) is 15.9 Å². The summed E-state index contributed by atoms with van der Waals surface area (Å²) in [6.07, 6.45) is -0.613. The maximum atomic E-state index is 14.0. The van der Waals surface area contributed by atoms with Gasteiger partial charge in [0.1, 0.15) is 5.75 Å². The summed E-state index contributed by atoms with van der Waals surface area (Å²) in [6.45, 7) is -0.207. The van der Waals surface area contributed by atoms with Crippen molar-refractivity contribution in [2.75, 3.05) is 38.8 Å². The summed E-state index contributed by atoms with van der Waals surface area (Å²) in [5.41, 5.74) is 2.30. The fourth-order valence-electron chi connectivity index (χ4n) is 5.05.